The number of aromatic nitrogens is 1. The van der Waals surface area contributed by atoms with E-state index in [1.165, 1.54) is 12.3 Å². The minimum atomic E-state index is -2.95. The van der Waals surface area contributed by atoms with Gasteiger partial charge in [0.1, 0.15) is 0 Å². The van der Waals surface area contributed by atoms with E-state index in [0.717, 1.165) is 25.7 Å². The Morgan fingerprint density at radius 3 is 2.66 bits per heavy atom. The van der Waals surface area contributed by atoms with Crippen LogP contribution in [0.5, 0.6) is 5.88 Å². The number of guanidine groups is 1. The zero-order valence-electron chi connectivity index (χ0n) is 19.1. The van der Waals surface area contributed by atoms with E-state index in [1.54, 1.807) is 23.1 Å². The predicted molar refractivity (Wildman–Crippen MR) is 126 cm³/mol. The highest BCUT2D eigenvalue weighted by Crippen LogP contribution is 2.41. The number of carbonyl (C=O) groups is 1. The first-order valence-corrected chi connectivity index (χ1v) is 11.9. The number of nitrogens with zero attached hydrogens (tertiary/aromatic N) is 2. The third kappa shape index (κ3) is 4.77. The Bertz CT molecular complexity index is 1100. The average Bonchev–Trinajstić information content (AvgIpc) is 3.13. The van der Waals surface area contributed by atoms with Crippen molar-refractivity contribution in [2.24, 2.45) is 0 Å². The lowest BCUT2D eigenvalue weighted by Gasteiger charge is -2.45. The van der Waals surface area contributed by atoms with Crippen LogP contribution in [0.2, 0.25) is 5.02 Å². The van der Waals surface area contributed by atoms with Crippen LogP contribution in [0.4, 0.5) is 20.2 Å². The molecule has 3 aliphatic heterocycles. The van der Waals surface area contributed by atoms with Crippen LogP contribution in [-0.4, -0.2) is 46.6 Å². The molecule has 2 aromatic rings. The minimum absolute atomic E-state index is 0.0358. The second-order valence-corrected chi connectivity index (χ2v) is 9.76. The second-order valence-electron chi connectivity index (χ2n) is 9.38. The molecule has 2 unspecified atom stereocenters. The van der Waals surface area contributed by atoms with E-state index in [-0.39, 0.29) is 42.4 Å². The summed E-state index contributed by atoms with van der Waals surface area (Å²) in [6.07, 6.45) is 5.34. The standard InChI is InChI=1S/C24H26ClF2N5O3/c1-24(11-20(33)32(23(28)31-24)14-9-15-6-7-16(10-14)34-15)17-3-2-4-18(21(17)25)30-13-5-8-19(29-12-13)35-22(26)27/h2-5,8,12,14-16,22,30H,6-7,9-11H2,1H3,(H2,28,31)/t14?,15-,16?,24+/m1/s1. The van der Waals surface area contributed by atoms with Gasteiger partial charge >= 0.3 is 6.61 Å². The molecular formula is C24H26ClF2N5O3. The molecule has 186 valence electrons. The Labute approximate surface area is 206 Å². The maximum atomic E-state index is 13.3. The fourth-order valence-electron chi connectivity index (χ4n) is 5.29. The van der Waals surface area contributed by atoms with Crippen LogP contribution in [0.15, 0.2) is 36.5 Å². The zero-order chi connectivity index (χ0) is 24.7. The number of hydrogen-bond donors (Lipinski definition) is 3. The van der Waals surface area contributed by atoms with E-state index in [1.807, 2.05) is 13.0 Å². The third-order valence-corrected chi connectivity index (χ3v) is 7.26. The van der Waals surface area contributed by atoms with Gasteiger partial charge < -0.3 is 20.1 Å². The van der Waals surface area contributed by atoms with Gasteiger partial charge in [-0.3, -0.25) is 15.1 Å². The fraction of sp³-hybridized carbons (Fsp3) is 0.458. The van der Waals surface area contributed by atoms with Crippen LogP contribution in [0.1, 0.15) is 44.6 Å². The van der Waals surface area contributed by atoms with E-state index in [9.17, 15) is 13.6 Å². The number of carbonyl (C=O) groups excluding carboxylic acids is 1. The first-order valence-electron chi connectivity index (χ1n) is 11.5. The van der Waals surface area contributed by atoms with Crippen molar-refractivity contribution in [1.29, 1.82) is 5.41 Å². The van der Waals surface area contributed by atoms with Crippen molar-refractivity contribution < 1.29 is 23.0 Å². The monoisotopic (exact) mass is 505 g/mol. The van der Waals surface area contributed by atoms with Crippen molar-refractivity contribution in [3.05, 3.63) is 47.1 Å². The molecule has 5 rings (SSSR count). The zero-order valence-corrected chi connectivity index (χ0v) is 19.8. The van der Waals surface area contributed by atoms with Gasteiger partial charge in [0.05, 0.1) is 46.8 Å². The molecule has 0 radical (unpaired) electrons. The lowest BCUT2D eigenvalue weighted by atomic mass is 9.85. The Morgan fingerprint density at radius 1 is 1.29 bits per heavy atom. The van der Waals surface area contributed by atoms with E-state index in [0.29, 0.717) is 22.0 Å². The molecule has 3 saturated heterocycles. The highest BCUT2D eigenvalue weighted by molar-refractivity contribution is 6.34. The number of hydrogen-bond acceptors (Lipinski definition) is 6. The molecule has 3 fully saturated rings. The Morgan fingerprint density at radius 2 is 2.03 bits per heavy atom. The topological polar surface area (TPSA) is 99.6 Å². The summed E-state index contributed by atoms with van der Waals surface area (Å²) in [6, 6.07) is 8.22. The molecule has 11 heteroatoms. The lowest BCUT2D eigenvalue weighted by molar-refractivity contribution is -0.135. The summed E-state index contributed by atoms with van der Waals surface area (Å²) in [5, 5.41) is 15.4. The quantitative estimate of drug-likeness (QED) is 0.523. The normalized spacial score (nSPS) is 28.3. The lowest BCUT2D eigenvalue weighted by Crippen LogP contribution is -2.63. The highest BCUT2D eigenvalue weighted by atomic mass is 35.5. The first-order chi connectivity index (χ1) is 16.7. The predicted octanol–water partition coefficient (Wildman–Crippen LogP) is 4.76. The summed E-state index contributed by atoms with van der Waals surface area (Å²) < 4.78 is 34.9. The molecule has 1 amide bonds. The van der Waals surface area contributed by atoms with Crippen LogP contribution in [-0.2, 0) is 15.1 Å². The number of amides is 1. The van der Waals surface area contributed by atoms with Crippen molar-refractivity contribution in [3.63, 3.8) is 0 Å². The van der Waals surface area contributed by atoms with E-state index >= 15 is 0 Å². The summed E-state index contributed by atoms with van der Waals surface area (Å²) in [4.78, 5) is 18.7. The molecule has 4 atom stereocenters. The number of alkyl halides is 2. The van der Waals surface area contributed by atoms with Gasteiger partial charge in [-0.15, -0.1) is 0 Å². The number of benzene rings is 1. The van der Waals surface area contributed by atoms with Crippen LogP contribution in [0.3, 0.4) is 0 Å². The van der Waals surface area contributed by atoms with Crippen molar-refractivity contribution in [2.75, 3.05) is 5.32 Å². The largest absolute Gasteiger partial charge is 0.417 e. The minimum Gasteiger partial charge on any atom is -0.417 e. The third-order valence-electron chi connectivity index (χ3n) is 6.86. The summed E-state index contributed by atoms with van der Waals surface area (Å²) >= 11 is 6.75. The molecule has 2 bridgehead atoms. The molecule has 4 heterocycles. The van der Waals surface area contributed by atoms with E-state index in [2.05, 4.69) is 20.4 Å². The van der Waals surface area contributed by atoms with Crippen molar-refractivity contribution >= 4 is 34.8 Å². The van der Waals surface area contributed by atoms with Crippen LogP contribution in [0, 0.1) is 5.41 Å². The smallest absolute Gasteiger partial charge is 0.388 e. The summed E-state index contributed by atoms with van der Waals surface area (Å²) in [5.74, 6) is -0.234. The van der Waals surface area contributed by atoms with Crippen LogP contribution >= 0.6 is 11.6 Å². The number of anilines is 2. The Kier molecular flexibility index (Phi) is 6.27. The molecular weight excluding hydrogens is 480 g/mol. The number of pyridine rings is 1. The molecule has 3 aliphatic rings. The van der Waals surface area contributed by atoms with Gasteiger partial charge in [0.15, 0.2) is 5.96 Å². The number of nitrogens with one attached hydrogen (secondary N) is 3. The summed E-state index contributed by atoms with van der Waals surface area (Å²) in [5.41, 5.74) is 0.867. The number of rotatable bonds is 6. The molecule has 35 heavy (non-hydrogen) atoms. The van der Waals surface area contributed by atoms with Gasteiger partial charge in [0, 0.05) is 12.1 Å². The van der Waals surface area contributed by atoms with Gasteiger partial charge in [-0.2, -0.15) is 8.78 Å². The maximum Gasteiger partial charge on any atom is 0.388 e. The molecule has 1 aromatic heterocycles. The molecule has 0 spiro atoms. The van der Waals surface area contributed by atoms with E-state index in [4.69, 9.17) is 21.7 Å². The Hall–Kier alpha value is -2.98. The fourth-order valence-corrected chi connectivity index (χ4v) is 5.67. The number of ether oxygens (including phenoxy) is 2. The van der Waals surface area contributed by atoms with Gasteiger partial charge in [0.25, 0.3) is 0 Å². The SMILES string of the molecule is C[C@@]1(c2cccc(Nc3ccc(OC(F)F)nc3)c2Cl)CC(=O)N(C2CC3CC[C@H](C2)O3)C(=N)N1. The van der Waals surface area contributed by atoms with Gasteiger partial charge in [-0.25, -0.2) is 4.98 Å². The van der Waals surface area contributed by atoms with Crippen molar-refractivity contribution in [1.82, 2.24) is 15.2 Å². The maximum absolute atomic E-state index is 13.3. The molecule has 0 aliphatic carbocycles. The number of halogens is 3. The summed E-state index contributed by atoms with van der Waals surface area (Å²) in [7, 11) is 0. The molecule has 0 saturated carbocycles. The molecule has 1 aromatic carbocycles. The van der Waals surface area contributed by atoms with Gasteiger partial charge in [-0.1, -0.05) is 23.7 Å². The van der Waals surface area contributed by atoms with Crippen LogP contribution in [0.25, 0.3) is 0 Å². The summed E-state index contributed by atoms with van der Waals surface area (Å²) in [6.45, 7) is -1.09. The van der Waals surface area contributed by atoms with Gasteiger partial charge in [-0.05, 0) is 50.3 Å². The molecule has 8 nitrogen and oxygen atoms in total. The average molecular weight is 506 g/mol. The second kappa shape index (κ2) is 9.23. The highest BCUT2D eigenvalue weighted by Gasteiger charge is 2.46. The van der Waals surface area contributed by atoms with E-state index < -0.39 is 12.2 Å². The van der Waals surface area contributed by atoms with Crippen molar-refractivity contribution in [3.8, 4) is 5.88 Å². The van der Waals surface area contributed by atoms with Crippen molar-refractivity contribution in [2.45, 2.75) is 69.4 Å². The molecule has 3 N–H and O–H groups in total. The number of fused-ring (bicyclic) bond motifs is 2. The Balaban J connectivity index is 1.33. The first kappa shape index (κ1) is 23.7. The van der Waals surface area contributed by atoms with Gasteiger partial charge in [0.2, 0.25) is 11.8 Å². The van der Waals surface area contributed by atoms with Crippen LogP contribution < -0.4 is 15.4 Å².